The van der Waals surface area contributed by atoms with Gasteiger partial charge in [0.25, 0.3) is 5.91 Å². The van der Waals surface area contributed by atoms with Crippen LogP contribution in [0, 0.1) is 5.82 Å². The number of esters is 1. The van der Waals surface area contributed by atoms with E-state index in [0.29, 0.717) is 0 Å². The van der Waals surface area contributed by atoms with Crippen LogP contribution in [0.4, 0.5) is 10.1 Å². The molecule has 0 aliphatic heterocycles. The predicted octanol–water partition coefficient (Wildman–Crippen LogP) is 3.45. The third kappa shape index (κ3) is 4.01. The molecule has 0 bridgehead atoms. The van der Waals surface area contributed by atoms with E-state index in [1.165, 1.54) is 23.9 Å². The lowest BCUT2D eigenvalue weighted by atomic mass is 10.1. The van der Waals surface area contributed by atoms with Gasteiger partial charge in [0.15, 0.2) is 17.3 Å². The number of hydrogen-bond acceptors (Lipinski definition) is 5. The Morgan fingerprint density at radius 2 is 1.93 bits per heavy atom. The van der Waals surface area contributed by atoms with E-state index in [2.05, 4.69) is 10.4 Å². The molecule has 0 radical (unpaired) electrons. The van der Waals surface area contributed by atoms with Crippen molar-refractivity contribution in [1.82, 2.24) is 9.78 Å². The summed E-state index contributed by atoms with van der Waals surface area (Å²) in [7, 11) is 1.28. The van der Waals surface area contributed by atoms with Crippen LogP contribution in [0.25, 0.3) is 5.69 Å². The van der Waals surface area contributed by atoms with Crippen LogP contribution < -0.4 is 10.1 Å². The SMILES string of the molecule is CCOC(=O)c1cc(OC)c(F)cc1NC(=O)c1ccn(-c2ccccc2)n1. The Bertz CT molecular complexity index is 1000. The maximum atomic E-state index is 14.1. The van der Waals surface area contributed by atoms with Gasteiger partial charge in [-0.15, -0.1) is 0 Å². The zero-order chi connectivity index (χ0) is 20.1. The number of rotatable bonds is 6. The Morgan fingerprint density at radius 3 is 2.61 bits per heavy atom. The molecule has 0 aliphatic carbocycles. The number of amides is 1. The first-order valence-corrected chi connectivity index (χ1v) is 8.50. The third-order valence-corrected chi connectivity index (χ3v) is 3.88. The number of aromatic nitrogens is 2. The van der Waals surface area contributed by atoms with Crippen molar-refractivity contribution < 1.29 is 23.5 Å². The lowest BCUT2D eigenvalue weighted by molar-refractivity contribution is 0.0527. The van der Waals surface area contributed by atoms with Crippen molar-refractivity contribution in [3.8, 4) is 11.4 Å². The van der Waals surface area contributed by atoms with Crippen LogP contribution >= 0.6 is 0 Å². The van der Waals surface area contributed by atoms with Gasteiger partial charge < -0.3 is 14.8 Å². The van der Waals surface area contributed by atoms with Crippen LogP contribution in [0.2, 0.25) is 0 Å². The number of halogens is 1. The van der Waals surface area contributed by atoms with Gasteiger partial charge in [0, 0.05) is 12.3 Å². The molecule has 28 heavy (non-hydrogen) atoms. The van der Waals surface area contributed by atoms with Crippen molar-refractivity contribution in [2.45, 2.75) is 6.92 Å². The largest absolute Gasteiger partial charge is 0.494 e. The van der Waals surface area contributed by atoms with Gasteiger partial charge in [-0.25, -0.2) is 13.9 Å². The first kappa shape index (κ1) is 19.1. The van der Waals surface area contributed by atoms with Gasteiger partial charge >= 0.3 is 5.97 Å². The van der Waals surface area contributed by atoms with Crippen LogP contribution in [0.15, 0.2) is 54.7 Å². The number of carbonyl (C=O) groups excluding carboxylic acids is 2. The monoisotopic (exact) mass is 383 g/mol. The molecule has 1 heterocycles. The van der Waals surface area contributed by atoms with E-state index >= 15 is 0 Å². The van der Waals surface area contributed by atoms with E-state index in [1.807, 2.05) is 30.3 Å². The average Bonchev–Trinajstić information content (AvgIpc) is 3.19. The van der Waals surface area contributed by atoms with E-state index in [1.54, 1.807) is 13.1 Å². The Balaban J connectivity index is 1.88. The number of methoxy groups -OCH3 is 1. The van der Waals surface area contributed by atoms with E-state index in [9.17, 15) is 14.0 Å². The highest BCUT2D eigenvalue weighted by Crippen LogP contribution is 2.27. The summed E-state index contributed by atoms with van der Waals surface area (Å²) in [4.78, 5) is 24.7. The first-order valence-electron chi connectivity index (χ1n) is 8.50. The summed E-state index contributed by atoms with van der Waals surface area (Å²) >= 11 is 0. The summed E-state index contributed by atoms with van der Waals surface area (Å²) in [6, 6.07) is 13.0. The van der Waals surface area contributed by atoms with Crippen molar-refractivity contribution in [3.05, 3.63) is 71.8 Å². The number of nitrogens with zero attached hydrogens (tertiary/aromatic N) is 2. The first-order chi connectivity index (χ1) is 13.5. The summed E-state index contributed by atoms with van der Waals surface area (Å²) in [6.07, 6.45) is 1.63. The molecule has 0 saturated heterocycles. The van der Waals surface area contributed by atoms with Crippen molar-refractivity contribution in [2.24, 2.45) is 0 Å². The molecule has 0 spiro atoms. The Labute approximate surface area is 160 Å². The zero-order valence-electron chi connectivity index (χ0n) is 15.3. The van der Waals surface area contributed by atoms with E-state index in [-0.39, 0.29) is 29.3 Å². The maximum Gasteiger partial charge on any atom is 0.340 e. The summed E-state index contributed by atoms with van der Waals surface area (Å²) in [5.41, 5.74) is 0.839. The summed E-state index contributed by atoms with van der Waals surface area (Å²) < 4.78 is 25.5. The van der Waals surface area contributed by atoms with Crippen LogP contribution in [-0.2, 0) is 4.74 Å². The molecular weight excluding hydrogens is 365 g/mol. The normalized spacial score (nSPS) is 10.4. The minimum atomic E-state index is -0.722. The minimum absolute atomic E-state index is 0.0176. The molecule has 0 fully saturated rings. The fourth-order valence-electron chi connectivity index (χ4n) is 2.55. The van der Waals surface area contributed by atoms with Gasteiger partial charge in [0.05, 0.1) is 30.7 Å². The maximum absolute atomic E-state index is 14.1. The summed E-state index contributed by atoms with van der Waals surface area (Å²) in [6.45, 7) is 1.78. The molecule has 0 aliphatic rings. The van der Waals surface area contributed by atoms with Gasteiger partial charge in [-0.2, -0.15) is 5.10 Å². The van der Waals surface area contributed by atoms with Gasteiger partial charge in [-0.05, 0) is 31.2 Å². The minimum Gasteiger partial charge on any atom is -0.494 e. The van der Waals surface area contributed by atoms with E-state index < -0.39 is 17.7 Å². The van der Waals surface area contributed by atoms with Crippen molar-refractivity contribution in [3.63, 3.8) is 0 Å². The average molecular weight is 383 g/mol. The number of anilines is 1. The second-order valence-corrected chi connectivity index (χ2v) is 5.69. The quantitative estimate of drug-likeness (QED) is 0.660. The molecule has 7 nitrogen and oxygen atoms in total. The number of ether oxygens (including phenoxy) is 2. The Morgan fingerprint density at radius 1 is 1.18 bits per heavy atom. The number of hydrogen-bond donors (Lipinski definition) is 1. The van der Waals surface area contributed by atoms with E-state index in [0.717, 1.165) is 11.8 Å². The highest BCUT2D eigenvalue weighted by atomic mass is 19.1. The number of benzene rings is 2. The molecule has 1 amide bonds. The lowest BCUT2D eigenvalue weighted by Crippen LogP contribution is -2.17. The number of para-hydroxylation sites is 1. The topological polar surface area (TPSA) is 82.5 Å². The summed E-state index contributed by atoms with van der Waals surface area (Å²) in [5.74, 6) is -2.15. The van der Waals surface area contributed by atoms with Gasteiger partial charge in [-0.3, -0.25) is 4.79 Å². The molecular formula is C20H18FN3O4. The van der Waals surface area contributed by atoms with Gasteiger partial charge in [-0.1, -0.05) is 18.2 Å². The molecule has 3 rings (SSSR count). The van der Waals surface area contributed by atoms with Crippen LogP contribution in [0.5, 0.6) is 5.75 Å². The van der Waals surface area contributed by atoms with Crippen molar-refractivity contribution >= 4 is 17.6 Å². The molecule has 1 aromatic heterocycles. The highest BCUT2D eigenvalue weighted by Gasteiger charge is 2.20. The molecule has 144 valence electrons. The molecule has 2 aromatic carbocycles. The zero-order valence-corrected chi connectivity index (χ0v) is 15.3. The standard InChI is InChI=1S/C20H18FN3O4/c1-3-28-20(26)14-11-18(27-2)15(21)12-17(14)22-19(25)16-9-10-24(23-16)13-7-5-4-6-8-13/h4-12H,3H2,1-2H3,(H,22,25). The smallest absolute Gasteiger partial charge is 0.340 e. The molecule has 0 saturated carbocycles. The second-order valence-electron chi connectivity index (χ2n) is 5.69. The predicted molar refractivity (Wildman–Crippen MR) is 100 cm³/mol. The molecule has 1 N–H and O–H groups in total. The third-order valence-electron chi connectivity index (χ3n) is 3.88. The van der Waals surface area contributed by atoms with Gasteiger partial charge in [0.1, 0.15) is 0 Å². The van der Waals surface area contributed by atoms with E-state index in [4.69, 9.17) is 9.47 Å². The molecule has 0 atom stereocenters. The van der Waals surface area contributed by atoms with Crippen LogP contribution in [-0.4, -0.2) is 35.4 Å². The fourth-order valence-corrected chi connectivity index (χ4v) is 2.55. The number of nitrogens with one attached hydrogen (secondary N) is 1. The molecule has 8 heteroatoms. The Kier molecular flexibility index (Phi) is 5.69. The highest BCUT2D eigenvalue weighted by molar-refractivity contribution is 6.07. The molecule has 3 aromatic rings. The Hall–Kier alpha value is -3.68. The fraction of sp³-hybridized carbons (Fsp3) is 0.150. The lowest BCUT2D eigenvalue weighted by Gasteiger charge is -2.12. The number of carbonyl (C=O) groups is 2. The van der Waals surface area contributed by atoms with Crippen LogP contribution in [0.1, 0.15) is 27.8 Å². The van der Waals surface area contributed by atoms with Crippen molar-refractivity contribution in [2.75, 3.05) is 19.0 Å². The second kappa shape index (κ2) is 8.34. The summed E-state index contributed by atoms with van der Waals surface area (Å²) in [5, 5.41) is 6.73. The van der Waals surface area contributed by atoms with Crippen LogP contribution in [0.3, 0.4) is 0 Å². The molecule has 0 unspecified atom stereocenters. The van der Waals surface area contributed by atoms with Gasteiger partial charge in [0.2, 0.25) is 0 Å². The van der Waals surface area contributed by atoms with Crippen molar-refractivity contribution in [1.29, 1.82) is 0 Å².